The molecule has 1 heterocycles. The number of rotatable bonds is 5. The number of methoxy groups -OCH3 is 1. The van der Waals surface area contributed by atoms with Gasteiger partial charge in [-0.05, 0) is 44.9 Å². The summed E-state index contributed by atoms with van der Waals surface area (Å²) in [7, 11) is 1.55. The quantitative estimate of drug-likeness (QED) is 0.651. The Balaban J connectivity index is 2.26. The number of hydrogen-bond donors (Lipinski definition) is 1. The predicted octanol–water partition coefficient (Wildman–Crippen LogP) is 2.19. The van der Waals surface area contributed by atoms with Crippen molar-refractivity contribution in [2.75, 3.05) is 13.7 Å². The van der Waals surface area contributed by atoms with Gasteiger partial charge in [0, 0.05) is 0 Å². The van der Waals surface area contributed by atoms with Gasteiger partial charge in [0.1, 0.15) is 23.4 Å². The Morgan fingerprint density at radius 1 is 1.20 bits per heavy atom. The minimum Gasteiger partial charge on any atom is -0.497 e. The number of imide groups is 1. The van der Waals surface area contributed by atoms with Crippen LogP contribution in [-0.2, 0) is 19.9 Å². The Hall–Kier alpha value is -2.57. The highest BCUT2D eigenvalue weighted by atomic mass is 16.6. The van der Waals surface area contributed by atoms with Crippen LogP contribution in [0.15, 0.2) is 24.3 Å². The molecule has 7 nitrogen and oxygen atoms in total. The molecular formula is C18H24N2O5. The van der Waals surface area contributed by atoms with Crippen LogP contribution in [0.3, 0.4) is 0 Å². The van der Waals surface area contributed by atoms with Crippen LogP contribution in [0.1, 0.15) is 39.7 Å². The van der Waals surface area contributed by atoms with Crippen LogP contribution in [0, 0.1) is 0 Å². The number of nitrogens with zero attached hydrogens (tertiary/aromatic N) is 1. The molecular weight excluding hydrogens is 324 g/mol. The Bertz CT molecular complexity index is 678. The van der Waals surface area contributed by atoms with Gasteiger partial charge in [0.2, 0.25) is 0 Å². The number of carbonyl (C=O) groups excluding carboxylic acids is 3. The molecule has 1 aliphatic rings. The zero-order valence-electron chi connectivity index (χ0n) is 15.2. The fourth-order valence-corrected chi connectivity index (χ4v) is 2.79. The average molecular weight is 348 g/mol. The first kappa shape index (κ1) is 18.8. The van der Waals surface area contributed by atoms with Gasteiger partial charge in [-0.2, -0.15) is 0 Å². The van der Waals surface area contributed by atoms with E-state index in [0.29, 0.717) is 17.7 Å². The van der Waals surface area contributed by atoms with Crippen LogP contribution in [-0.4, -0.2) is 42.1 Å². The van der Waals surface area contributed by atoms with E-state index in [1.54, 1.807) is 59.1 Å². The average Bonchev–Trinajstić information content (AvgIpc) is 2.78. The summed E-state index contributed by atoms with van der Waals surface area (Å²) in [6.07, 6.45) is 0.356. The molecule has 0 aliphatic carbocycles. The van der Waals surface area contributed by atoms with E-state index in [9.17, 15) is 14.4 Å². The van der Waals surface area contributed by atoms with Crippen molar-refractivity contribution in [3.8, 4) is 5.75 Å². The fourth-order valence-electron chi connectivity index (χ4n) is 2.79. The summed E-state index contributed by atoms with van der Waals surface area (Å²) in [6.45, 7) is 6.57. The van der Waals surface area contributed by atoms with Crippen molar-refractivity contribution in [3.05, 3.63) is 29.8 Å². The largest absolute Gasteiger partial charge is 0.497 e. The van der Waals surface area contributed by atoms with Gasteiger partial charge < -0.3 is 14.8 Å². The van der Waals surface area contributed by atoms with E-state index in [-0.39, 0.29) is 0 Å². The number of esters is 1. The number of nitrogens with one attached hydrogen (secondary N) is 1. The van der Waals surface area contributed by atoms with Crippen LogP contribution in [0.4, 0.5) is 4.79 Å². The molecule has 1 aromatic rings. The number of urea groups is 1. The number of carbonyl (C=O) groups is 3. The molecule has 0 saturated carbocycles. The molecule has 1 fully saturated rings. The molecule has 1 aromatic carbocycles. The maximum atomic E-state index is 12.9. The Morgan fingerprint density at radius 2 is 1.80 bits per heavy atom. The van der Waals surface area contributed by atoms with Gasteiger partial charge in [0.15, 0.2) is 0 Å². The maximum Gasteiger partial charge on any atom is 0.326 e. The molecule has 3 amide bonds. The first-order valence-corrected chi connectivity index (χ1v) is 8.13. The molecule has 7 heteroatoms. The van der Waals surface area contributed by atoms with Crippen molar-refractivity contribution in [1.29, 1.82) is 0 Å². The lowest BCUT2D eigenvalue weighted by Gasteiger charge is -2.26. The lowest BCUT2D eigenvalue weighted by atomic mass is 9.87. The summed E-state index contributed by atoms with van der Waals surface area (Å²) >= 11 is 0. The molecule has 2 rings (SSSR count). The number of ether oxygens (including phenoxy) is 2. The van der Waals surface area contributed by atoms with Crippen molar-refractivity contribution in [1.82, 2.24) is 10.2 Å². The fraction of sp³-hybridized carbons (Fsp3) is 0.500. The lowest BCUT2D eigenvalue weighted by Crippen LogP contribution is -2.44. The zero-order chi connectivity index (χ0) is 18.8. The van der Waals surface area contributed by atoms with Crippen molar-refractivity contribution in [2.45, 2.75) is 45.3 Å². The summed E-state index contributed by atoms with van der Waals surface area (Å²) < 4.78 is 10.3. The minimum absolute atomic E-state index is 0.356. The van der Waals surface area contributed by atoms with E-state index in [4.69, 9.17) is 9.47 Å². The summed E-state index contributed by atoms with van der Waals surface area (Å²) in [4.78, 5) is 38.2. The third-order valence-electron chi connectivity index (χ3n) is 4.00. The summed E-state index contributed by atoms with van der Waals surface area (Å²) in [6, 6.07) is 6.31. The zero-order valence-corrected chi connectivity index (χ0v) is 15.2. The second kappa shape index (κ2) is 6.74. The highest BCUT2D eigenvalue weighted by Gasteiger charge is 2.51. The van der Waals surface area contributed by atoms with Gasteiger partial charge in [0.05, 0.1) is 7.11 Å². The van der Waals surface area contributed by atoms with E-state index in [1.807, 2.05) is 0 Å². The molecule has 0 bridgehead atoms. The monoisotopic (exact) mass is 348 g/mol. The third-order valence-corrected chi connectivity index (χ3v) is 4.00. The lowest BCUT2D eigenvalue weighted by molar-refractivity contribution is -0.157. The smallest absolute Gasteiger partial charge is 0.326 e. The Labute approximate surface area is 147 Å². The minimum atomic E-state index is -1.19. The van der Waals surface area contributed by atoms with Crippen LogP contribution in [0.5, 0.6) is 5.75 Å². The highest BCUT2D eigenvalue weighted by molar-refractivity contribution is 6.09. The molecule has 1 N–H and O–H groups in total. The molecule has 25 heavy (non-hydrogen) atoms. The third kappa shape index (κ3) is 3.75. The van der Waals surface area contributed by atoms with Crippen molar-refractivity contribution in [3.63, 3.8) is 0 Å². The predicted molar refractivity (Wildman–Crippen MR) is 91.1 cm³/mol. The standard InChI is InChI=1S/C18H24N2O5/c1-6-18(12-7-9-13(24-5)10-8-12)15(22)20(16(23)19-18)11-14(21)25-17(2,3)4/h7-10H,6,11H2,1-5H3,(H,19,23)/t18-/m1/s1. The van der Waals surface area contributed by atoms with Gasteiger partial charge in [-0.1, -0.05) is 19.1 Å². The van der Waals surface area contributed by atoms with Crippen LogP contribution < -0.4 is 10.1 Å². The van der Waals surface area contributed by atoms with Crippen molar-refractivity contribution < 1.29 is 23.9 Å². The molecule has 1 saturated heterocycles. The van der Waals surface area contributed by atoms with E-state index >= 15 is 0 Å². The normalized spacial score (nSPS) is 20.4. The highest BCUT2D eigenvalue weighted by Crippen LogP contribution is 2.33. The molecule has 1 aliphatic heterocycles. The second-order valence-electron chi connectivity index (χ2n) is 6.90. The van der Waals surface area contributed by atoms with Crippen molar-refractivity contribution in [2.24, 2.45) is 0 Å². The topological polar surface area (TPSA) is 84.9 Å². The maximum absolute atomic E-state index is 12.9. The number of hydrogen-bond acceptors (Lipinski definition) is 5. The molecule has 0 spiro atoms. The Kier molecular flexibility index (Phi) is 5.06. The van der Waals surface area contributed by atoms with Crippen LogP contribution in [0.2, 0.25) is 0 Å². The first-order chi connectivity index (χ1) is 11.6. The van der Waals surface area contributed by atoms with E-state index < -0.39 is 35.6 Å². The van der Waals surface area contributed by atoms with E-state index in [2.05, 4.69) is 5.32 Å². The second-order valence-corrected chi connectivity index (χ2v) is 6.90. The number of benzene rings is 1. The van der Waals surface area contributed by atoms with Gasteiger partial charge in [-0.25, -0.2) is 4.79 Å². The summed E-state index contributed by atoms with van der Waals surface area (Å²) in [5.41, 5.74) is -1.24. The number of amides is 3. The van der Waals surface area contributed by atoms with Crippen LogP contribution >= 0.6 is 0 Å². The molecule has 0 radical (unpaired) electrons. The van der Waals surface area contributed by atoms with Crippen molar-refractivity contribution >= 4 is 17.9 Å². The summed E-state index contributed by atoms with van der Waals surface area (Å²) in [5.74, 6) is -0.439. The molecule has 136 valence electrons. The SMILES string of the molecule is CC[C@]1(c2ccc(OC)cc2)NC(=O)N(CC(=O)OC(C)(C)C)C1=O. The van der Waals surface area contributed by atoms with Gasteiger partial charge in [-0.15, -0.1) is 0 Å². The molecule has 0 aromatic heterocycles. The van der Waals surface area contributed by atoms with Gasteiger partial charge in [-0.3, -0.25) is 14.5 Å². The molecule has 1 atom stereocenters. The Morgan fingerprint density at radius 3 is 2.28 bits per heavy atom. The van der Waals surface area contributed by atoms with E-state index in [0.717, 1.165) is 4.90 Å². The van der Waals surface area contributed by atoms with Gasteiger partial charge >= 0.3 is 12.0 Å². The van der Waals surface area contributed by atoms with E-state index in [1.165, 1.54) is 0 Å². The summed E-state index contributed by atoms with van der Waals surface area (Å²) in [5, 5.41) is 2.73. The molecule has 0 unspecified atom stereocenters. The van der Waals surface area contributed by atoms with Crippen LogP contribution in [0.25, 0.3) is 0 Å². The van der Waals surface area contributed by atoms with Gasteiger partial charge in [0.25, 0.3) is 5.91 Å². The first-order valence-electron chi connectivity index (χ1n) is 8.13.